The Morgan fingerprint density at radius 2 is 1.31 bits per heavy atom. The zero-order chi connectivity index (χ0) is 26.7. The van der Waals surface area contributed by atoms with Crippen molar-refractivity contribution in [2.45, 2.75) is 30.8 Å². The molecule has 0 saturated heterocycles. The van der Waals surface area contributed by atoms with Gasteiger partial charge in [0.2, 0.25) is 5.91 Å². The minimum Gasteiger partial charge on any atom is -0.356 e. The van der Waals surface area contributed by atoms with Gasteiger partial charge in [0.05, 0.1) is 11.4 Å². The van der Waals surface area contributed by atoms with Gasteiger partial charge in [-0.25, -0.2) is 4.98 Å². The van der Waals surface area contributed by atoms with Gasteiger partial charge in [0, 0.05) is 35.5 Å². The van der Waals surface area contributed by atoms with E-state index in [-0.39, 0.29) is 5.91 Å². The van der Waals surface area contributed by atoms with E-state index < -0.39 is 0 Å². The highest BCUT2D eigenvalue weighted by Crippen LogP contribution is 2.38. The van der Waals surface area contributed by atoms with Crippen molar-refractivity contribution in [1.82, 2.24) is 14.9 Å². The van der Waals surface area contributed by atoms with Crippen molar-refractivity contribution in [3.63, 3.8) is 0 Å². The summed E-state index contributed by atoms with van der Waals surface area (Å²) in [6, 6.07) is 41.5. The molecule has 4 nitrogen and oxygen atoms in total. The highest BCUT2D eigenvalue weighted by molar-refractivity contribution is 7.99. The molecule has 5 rings (SSSR count). The van der Waals surface area contributed by atoms with Crippen LogP contribution in [0.2, 0.25) is 0 Å². The van der Waals surface area contributed by atoms with Crippen LogP contribution in [0, 0.1) is 0 Å². The van der Waals surface area contributed by atoms with Crippen LogP contribution in [0.5, 0.6) is 0 Å². The van der Waals surface area contributed by atoms with E-state index in [9.17, 15) is 4.79 Å². The summed E-state index contributed by atoms with van der Waals surface area (Å²) in [6.07, 6.45) is 3.23. The zero-order valence-corrected chi connectivity index (χ0v) is 22.8. The lowest BCUT2D eigenvalue weighted by Crippen LogP contribution is -2.24. The standard InChI is InChI=1S/C34H33N3OS/c38-31(24-23-27-15-5-1-6-16-27)35-25-13-14-26-39-34-36-32(28-17-7-2-8-18-28)33(29-19-9-3-10-20-29)37(34)30-21-11-4-12-22-30/h1-12,15-22H,13-14,23-26H2,(H,35,38). The number of nitrogens with zero attached hydrogens (tertiary/aromatic N) is 2. The van der Waals surface area contributed by atoms with Crippen LogP contribution in [0.1, 0.15) is 24.8 Å². The molecule has 1 heterocycles. The number of rotatable bonds is 12. The SMILES string of the molecule is O=C(CCc1ccccc1)NCCCCSc1nc(-c2ccccc2)c(-c2ccccc2)n1-c1ccccc1. The van der Waals surface area contributed by atoms with Crippen molar-refractivity contribution in [2.75, 3.05) is 12.3 Å². The van der Waals surface area contributed by atoms with Gasteiger partial charge >= 0.3 is 0 Å². The summed E-state index contributed by atoms with van der Waals surface area (Å²) < 4.78 is 2.29. The van der Waals surface area contributed by atoms with E-state index in [0.29, 0.717) is 13.0 Å². The minimum absolute atomic E-state index is 0.117. The first-order chi connectivity index (χ1) is 19.3. The molecule has 0 aliphatic heterocycles. The van der Waals surface area contributed by atoms with E-state index in [2.05, 4.69) is 94.8 Å². The first-order valence-electron chi connectivity index (χ1n) is 13.5. The Morgan fingerprint density at radius 3 is 1.97 bits per heavy atom. The highest BCUT2D eigenvalue weighted by atomic mass is 32.2. The summed E-state index contributed by atoms with van der Waals surface area (Å²) in [4.78, 5) is 17.4. The second-order valence-electron chi connectivity index (χ2n) is 9.39. The molecule has 4 aromatic carbocycles. The number of imidazole rings is 1. The van der Waals surface area contributed by atoms with Crippen molar-refractivity contribution >= 4 is 17.7 Å². The van der Waals surface area contributed by atoms with Crippen LogP contribution in [0.4, 0.5) is 0 Å². The number of nitrogens with one attached hydrogen (secondary N) is 1. The van der Waals surface area contributed by atoms with Crippen LogP contribution in [0.15, 0.2) is 126 Å². The molecule has 0 radical (unpaired) electrons. The van der Waals surface area contributed by atoms with Crippen molar-refractivity contribution in [1.29, 1.82) is 0 Å². The predicted molar refractivity (Wildman–Crippen MR) is 162 cm³/mol. The van der Waals surface area contributed by atoms with E-state index in [1.807, 2.05) is 36.4 Å². The third-order valence-electron chi connectivity index (χ3n) is 6.56. The monoisotopic (exact) mass is 531 g/mol. The first kappa shape index (κ1) is 26.5. The van der Waals surface area contributed by atoms with Gasteiger partial charge in [-0.15, -0.1) is 0 Å². The summed E-state index contributed by atoms with van der Waals surface area (Å²) in [7, 11) is 0. The molecular formula is C34H33N3OS. The Morgan fingerprint density at radius 1 is 0.718 bits per heavy atom. The van der Waals surface area contributed by atoms with Gasteiger partial charge in [0.1, 0.15) is 0 Å². The lowest BCUT2D eigenvalue weighted by molar-refractivity contribution is -0.121. The molecule has 1 N–H and O–H groups in total. The smallest absolute Gasteiger partial charge is 0.220 e. The quantitative estimate of drug-likeness (QED) is 0.132. The van der Waals surface area contributed by atoms with Crippen LogP contribution in [0.3, 0.4) is 0 Å². The van der Waals surface area contributed by atoms with Crippen LogP contribution in [-0.4, -0.2) is 27.8 Å². The van der Waals surface area contributed by atoms with Crippen LogP contribution < -0.4 is 5.32 Å². The molecule has 39 heavy (non-hydrogen) atoms. The molecule has 196 valence electrons. The summed E-state index contributed by atoms with van der Waals surface area (Å²) in [5, 5.41) is 4.05. The number of amides is 1. The maximum atomic E-state index is 12.3. The van der Waals surface area contributed by atoms with Crippen molar-refractivity contribution in [3.8, 4) is 28.2 Å². The zero-order valence-electron chi connectivity index (χ0n) is 22.0. The predicted octanol–water partition coefficient (Wildman–Crippen LogP) is 7.83. The van der Waals surface area contributed by atoms with Crippen LogP contribution in [-0.2, 0) is 11.2 Å². The fourth-order valence-electron chi connectivity index (χ4n) is 4.58. The number of para-hydroxylation sites is 1. The van der Waals surface area contributed by atoms with E-state index in [4.69, 9.17) is 4.98 Å². The molecule has 1 aromatic heterocycles. The Hall–Kier alpha value is -4.09. The molecule has 0 saturated carbocycles. The largest absolute Gasteiger partial charge is 0.356 e. The summed E-state index contributed by atoms with van der Waals surface area (Å²) >= 11 is 1.77. The van der Waals surface area contributed by atoms with Gasteiger partial charge < -0.3 is 5.32 Å². The van der Waals surface area contributed by atoms with E-state index >= 15 is 0 Å². The number of thioether (sulfide) groups is 1. The fourth-order valence-corrected chi connectivity index (χ4v) is 5.59. The van der Waals surface area contributed by atoms with Gasteiger partial charge in [-0.3, -0.25) is 9.36 Å². The molecule has 0 aliphatic carbocycles. The number of hydrogen-bond donors (Lipinski definition) is 1. The summed E-state index contributed by atoms with van der Waals surface area (Å²) in [6.45, 7) is 0.700. The second kappa shape index (κ2) is 13.6. The number of benzene rings is 4. The van der Waals surface area contributed by atoms with Crippen molar-refractivity contribution in [3.05, 3.63) is 127 Å². The average Bonchev–Trinajstić information content (AvgIpc) is 3.39. The van der Waals surface area contributed by atoms with Gasteiger partial charge in [0.25, 0.3) is 0 Å². The van der Waals surface area contributed by atoms with Crippen LogP contribution >= 0.6 is 11.8 Å². The molecule has 1 amide bonds. The highest BCUT2D eigenvalue weighted by Gasteiger charge is 2.21. The van der Waals surface area contributed by atoms with E-state index in [0.717, 1.165) is 58.4 Å². The van der Waals surface area contributed by atoms with Crippen molar-refractivity contribution < 1.29 is 4.79 Å². The number of aryl methyl sites for hydroxylation is 1. The molecule has 0 spiro atoms. The Kier molecular flexibility index (Phi) is 9.27. The second-order valence-corrected chi connectivity index (χ2v) is 10.4. The molecule has 0 fully saturated rings. The number of unbranched alkanes of at least 4 members (excludes halogenated alkanes) is 1. The summed E-state index contributed by atoms with van der Waals surface area (Å²) in [5.74, 6) is 1.04. The number of aromatic nitrogens is 2. The third-order valence-corrected chi connectivity index (χ3v) is 7.59. The van der Waals surface area contributed by atoms with Crippen molar-refractivity contribution in [2.24, 2.45) is 0 Å². The van der Waals surface area contributed by atoms with Gasteiger partial charge in [-0.1, -0.05) is 121 Å². The number of carbonyl (C=O) groups excluding carboxylic acids is 1. The molecule has 5 heteroatoms. The minimum atomic E-state index is 0.117. The van der Waals surface area contributed by atoms with Gasteiger partial charge in [-0.2, -0.15) is 0 Å². The summed E-state index contributed by atoms with van der Waals surface area (Å²) in [5.41, 5.74) is 6.62. The number of hydrogen-bond acceptors (Lipinski definition) is 3. The Balaban J connectivity index is 1.27. The molecule has 0 aliphatic rings. The fraction of sp³-hybridized carbons (Fsp3) is 0.176. The molecule has 5 aromatic rings. The molecular weight excluding hydrogens is 498 g/mol. The topological polar surface area (TPSA) is 46.9 Å². The van der Waals surface area contributed by atoms with Gasteiger partial charge in [0.15, 0.2) is 5.16 Å². The Bertz CT molecular complexity index is 1450. The first-order valence-corrected chi connectivity index (χ1v) is 14.5. The third kappa shape index (κ3) is 7.06. The maximum absolute atomic E-state index is 12.3. The molecule has 0 bridgehead atoms. The van der Waals surface area contributed by atoms with E-state index in [1.54, 1.807) is 11.8 Å². The average molecular weight is 532 g/mol. The molecule has 0 atom stereocenters. The maximum Gasteiger partial charge on any atom is 0.220 e. The normalized spacial score (nSPS) is 10.9. The lowest BCUT2D eigenvalue weighted by Gasteiger charge is -2.13. The lowest BCUT2D eigenvalue weighted by atomic mass is 10.0. The number of carbonyl (C=O) groups is 1. The molecule has 0 unspecified atom stereocenters. The Labute approximate surface area is 235 Å². The van der Waals surface area contributed by atoms with Gasteiger partial charge in [-0.05, 0) is 37.0 Å². The van der Waals surface area contributed by atoms with Crippen LogP contribution in [0.25, 0.3) is 28.2 Å². The van der Waals surface area contributed by atoms with E-state index in [1.165, 1.54) is 5.56 Å².